The van der Waals surface area contributed by atoms with Gasteiger partial charge in [0.25, 0.3) is 0 Å². The van der Waals surface area contributed by atoms with Crippen LogP contribution in [-0.2, 0) is 4.79 Å². The molecule has 2 heterocycles. The molecule has 0 bridgehead atoms. The number of nitrogens with zero attached hydrogens (tertiary/aromatic N) is 3. The molecule has 0 saturated heterocycles. The number of aryl methyl sites for hydroxylation is 1. The van der Waals surface area contributed by atoms with E-state index < -0.39 is 11.6 Å². The summed E-state index contributed by atoms with van der Waals surface area (Å²) in [4.78, 5) is 21.1. The number of imidazole rings is 1. The maximum Gasteiger partial charge on any atom is 0.227 e. The Hall–Kier alpha value is -2.54. The highest BCUT2D eigenvalue weighted by molar-refractivity contribution is 6.30. The van der Waals surface area contributed by atoms with E-state index >= 15 is 0 Å². The number of carbonyl (C=O) groups is 1. The first-order valence-electron chi connectivity index (χ1n) is 8.35. The Morgan fingerprint density at radius 3 is 2.37 bits per heavy atom. The molecule has 0 atom stereocenters. The number of pyridine rings is 1. The van der Waals surface area contributed by atoms with Crippen LogP contribution < -0.4 is 5.32 Å². The molecule has 1 amide bonds. The van der Waals surface area contributed by atoms with Crippen molar-refractivity contribution in [3.05, 3.63) is 46.6 Å². The van der Waals surface area contributed by atoms with Crippen LogP contribution in [0, 0.1) is 24.0 Å². The van der Waals surface area contributed by atoms with Crippen molar-refractivity contribution in [1.82, 2.24) is 14.5 Å². The topological polar surface area (TPSA) is 59.8 Å². The summed E-state index contributed by atoms with van der Waals surface area (Å²) < 4.78 is 28.9. The van der Waals surface area contributed by atoms with Gasteiger partial charge in [-0.3, -0.25) is 14.7 Å². The number of benzene rings is 1. The van der Waals surface area contributed by atoms with Gasteiger partial charge in [0.15, 0.2) is 5.65 Å². The highest BCUT2D eigenvalue weighted by atomic mass is 35.5. The van der Waals surface area contributed by atoms with Crippen LogP contribution in [0.2, 0.25) is 5.15 Å². The van der Waals surface area contributed by atoms with E-state index in [1.165, 1.54) is 4.57 Å². The lowest BCUT2D eigenvalue weighted by Crippen LogP contribution is -2.21. The second-order valence-electron chi connectivity index (χ2n) is 7.62. The Morgan fingerprint density at radius 2 is 1.78 bits per heavy atom. The van der Waals surface area contributed by atoms with Crippen LogP contribution >= 0.6 is 11.6 Å². The van der Waals surface area contributed by atoms with E-state index in [-0.39, 0.29) is 34.5 Å². The molecule has 0 radical (unpaired) electrons. The molecule has 0 aliphatic heterocycles. The molecule has 2 aromatic heterocycles. The van der Waals surface area contributed by atoms with Crippen molar-refractivity contribution >= 4 is 34.6 Å². The van der Waals surface area contributed by atoms with E-state index in [0.717, 1.165) is 18.2 Å². The molecule has 8 heteroatoms. The Morgan fingerprint density at radius 1 is 1.15 bits per heavy atom. The van der Waals surface area contributed by atoms with Crippen molar-refractivity contribution < 1.29 is 13.6 Å². The first-order valence-corrected chi connectivity index (χ1v) is 8.73. The molecule has 1 N–H and O–H groups in total. The summed E-state index contributed by atoms with van der Waals surface area (Å²) in [6.07, 6.45) is 0.251. The van der Waals surface area contributed by atoms with E-state index in [9.17, 15) is 13.6 Å². The lowest BCUT2D eigenvalue weighted by Gasteiger charge is -2.17. The average Bonchev–Trinajstić information content (AvgIpc) is 2.81. The first kappa shape index (κ1) is 19.2. The molecule has 1 aromatic carbocycles. The van der Waals surface area contributed by atoms with Crippen LogP contribution in [0.5, 0.6) is 0 Å². The SMILES string of the molecule is Cc1cc2nc(NC(=O)CC(C)(C)C)n(-c3cc(F)cc(F)c3)c2nc1Cl. The van der Waals surface area contributed by atoms with Crippen LogP contribution in [0.15, 0.2) is 24.3 Å². The third kappa shape index (κ3) is 4.24. The summed E-state index contributed by atoms with van der Waals surface area (Å²) in [6, 6.07) is 4.75. The van der Waals surface area contributed by atoms with Gasteiger partial charge in [-0.1, -0.05) is 32.4 Å². The second-order valence-corrected chi connectivity index (χ2v) is 7.98. The summed E-state index contributed by atoms with van der Waals surface area (Å²) >= 11 is 6.12. The number of nitrogens with one attached hydrogen (secondary N) is 1. The first-order chi connectivity index (χ1) is 12.5. The highest BCUT2D eigenvalue weighted by Gasteiger charge is 2.21. The molecule has 0 aliphatic rings. The minimum atomic E-state index is -0.753. The number of halogens is 3. The zero-order valence-electron chi connectivity index (χ0n) is 15.4. The quantitative estimate of drug-likeness (QED) is 0.635. The molecular formula is C19H19ClF2N4O. The minimum absolute atomic E-state index is 0.124. The van der Waals surface area contributed by atoms with Gasteiger partial charge in [0.1, 0.15) is 22.3 Å². The smallest absolute Gasteiger partial charge is 0.227 e. The van der Waals surface area contributed by atoms with Gasteiger partial charge in [0.05, 0.1) is 5.69 Å². The fraction of sp³-hybridized carbons (Fsp3) is 0.316. The van der Waals surface area contributed by atoms with Gasteiger partial charge in [-0.15, -0.1) is 0 Å². The molecule has 0 aliphatic carbocycles. The number of hydrogen-bond acceptors (Lipinski definition) is 3. The van der Waals surface area contributed by atoms with Crippen LogP contribution in [0.3, 0.4) is 0 Å². The molecular weight excluding hydrogens is 374 g/mol. The summed E-state index contributed by atoms with van der Waals surface area (Å²) in [5.74, 6) is -1.65. The van der Waals surface area contributed by atoms with Crippen LogP contribution in [0.1, 0.15) is 32.8 Å². The van der Waals surface area contributed by atoms with Crippen molar-refractivity contribution in [1.29, 1.82) is 0 Å². The van der Waals surface area contributed by atoms with Gasteiger partial charge in [0.2, 0.25) is 11.9 Å². The zero-order chi connectivity index (χ0) is 19.9. The summed E-state index contributed by atoms with van der Waals surface area (Å²) in [5, 5.41) is 2.96. The second kappa shape index (κ2) is 6.88. The van der Waals surface area contributed by atoms with Gasteiger partial charge >= 0.3 is 0 Å². The average molecular weight is 393 g/mol. The summed E-state index contributed by atoms with van der Waals surface area (Å²) in [6.45, 7) is 7.57. The molecule has 0 unspecified atom stereocenters. The van der Waals surface area contributed by atoms with E-state index in [2.05, 4.69) is 15.3 Å². The minimum Gasteiger partial charge on any atom is -0.296 e. The van der Waals surface area contributed by atoms with Crippen molar-refractivity contribution in [2.24, 2.45) is 5.41 Å². The number of hydrogen-bond donors (Lipinski definition) is 1. The number of amides is 1. The Balaban J connectivity index is 2.18. The Labute approximate surface area is 160 Å². The van der Waals surface area contributed by atoms with E-state index in [4.69, 9.17) is 11.6 Å². The molecule has 3 rings (SSSR count). The third-order valence-electron chi connectivity index (χ3n) is 3.81. The third-order valence-corrected chi connectivity index (χ3v) is 4.19. The molecule has 3 aromatic rings. The lowest BCUT2D eigenvalue weighted by atomic mass is 9.92. The number of fused-ring (bicyclic) bond motifs is 1. The number of carbonyl (C=O) groups excluding carboxylic acids is 1. The van der Waals surface area contributed by atoms with Crippen molar-refractivity contribution in [2.75, 3.05) is 5.32 Å². The van der Waals surface area contributed by atoms with E-state index in [1.807, 2.05) is 20.8 Å². The maximum atomic E-state index is 13.8. The summed E-state index contributed by atoms with van der Waals surface area (Å²) in [5.41, 5.74) is 1.36. The predicted molar refractivity (Wildman–Crippen MR) is 101 cm³/mol. The lowest BCUT2D eigenvalue weighted by molar-refractivity contribution is -0.117. The number of aromatic nitrogens is 3. The Bertz CT molecular complexity index is 1020. The van der Waals surface area contributed by atoms with E-state index in [1.54, 1.807) is 13.0 Å². The van der Waals surface area contributed by atoms with E-state index in [0.29, 0.717) is 16.7 Å². The largest absolute Gasteiger partial charge is 0.296 e. The van der Waals surface area contributed by atoms with Crippen LogP contribution in [0.4, 0.5) is 14.7 Å². The van der Waals surface area contributed by atoms with Gasteiger partial charge in [0, 0.05) is 12.5 Å². The molecule has 0 spiro atoms. The fourth-order valence-electron chi connectivity index (χ4n) is 2.73. The van der Waals surface area contributed by atoms with Gasteiger partial charge in [-0.2, -0.15) is 0 Å². The monoisotopic (exact) mass is 392 g/mol. The van der Waals surface area contributed by atoms with Crippen molar-refractivity contribution in [3.8, 4) is 5.69 Å². The Kier molecular flexibility index (Phi) is 4.90. The van der Waals surface area contributed by atoms with Crippen LogP contribution in [-0.4, -0.2) is 20.4 Å². The molecule has 142 valence electrons. The molecule has 5 nitrogen and oxygen atoms in total. The fourth-order valence-corrected chi connectivity index (χ4v) is 2.86. The zero-order valence-corrected chi connectivity index (χ0v) is 16.2. The molecule has 0 saturated carbocycles. The van der Waals surface area contributed by atoms with Crippen LogP contribution in [0.25, 0.3) is 16.9 Å². The highest BCUT2D eigenvalue weighted by Crippen LogP contribution is 2.28. The van der Waals surface area contributed by atoms with Gasteiger partial charge in [-0.05, 0) is 36.1 Å². The molecule has 0 fully saturated rings. The predicted octanol–water partition coefficient (Wildman–Crippen LogP) is 5.04. The number of rotatable bonds is 3. The van der Waals surface area contributed by atoms with Gasteiger partial charge in [-0.25, -0.2) is 18.7 Å². The normalized spacial score (nSPS) is 11.8. The maximum absolute atomic E-state index is 13.8. The molecule has 27 heavy (non-hydrogen) atoms. The van der Waals surface area contributed by atoms with Crippen molar-refractivity contribution in [3.63, 3.8) is 0 Å². The van der Waals surface area contributed by atoms with Gasteiger partial charge < -0.3 is 0 Å². The number of anilines is 1. The standard InChI is InChI=1S/C19H19ClF2N4O/c1-10-5-14-17(25-16(10)20)26(13-7-11(21)6-12(22)8-13)18(23-14)24-15(27)9-19(2,3)4/h5-8H,9H2,1-4H3,(H,23,24,27). The summed E-state index contributed by atoms with van der Waals surface area (Å²) in [7, 11) is 0. The van der Waals surface area contributed by atoms with Crippen molar-refractivity contribution in [2.45, 2.75) is 34.1 Å².